The summed E-state index contributed by atoms with van der Waals surface area (Å²) < 4.78 is 53.3. The highest BCUT2D eigenvalue weighted by atomic mass is 19.3. The zero-order valence-corrected chi connectivity index (χ0v) is 13.7. The van der Waals surface area contributed by atoms with Gasteiger partial charge in [0, 0.05) is 18.8 Å². The third-order valence-electron chi connectivity index (χ3n) is 3.52. The molecular weight excluding hydrogens is 353 g/mol. The fourth-order valence-corrected chi connectivity index (χ4v) is 2.20. The molecule has 0 spiro atoms. The van der Waals surface area contributed by atoms with Gasteiger partial charge in [0.2, 0.25) is 0 Å². The van der Waals surface area contributed by atoms with Crippen molar-refractivity contribution in [1.29, 1.82) is 0 Å². The lowest BCUT2D eigenvalue weighted by Gasteiger charge is -2.18. The van der Waals surface area contributed by atoms with Gasteiger partial charge in [0.15, 0.2) is 23.1 Å². The van der Waals surface area contributed by atoms with Crippen molar-refractivity contribution in [3.05, 3.63) is 48.3 Å². The molecule has 3 rings (SSSR count). The van der Waals surface area contributed by atoms with Crippen molar-refractivity contribution < 1.29 is 32.2 Å². The summed E-state index contributed by atoms with van der Waals surface area (Å²) in [6.45, 7) is 0.265. The van der Waals surface area contributed by atoms with Gasteiger partial charge in [-0.2, -0.15) is 0 Å². The van der Waals surface area contributed by atoms with E-state index in [-0.39, 0.29) is 36.1 Å². The Balaban J connectivity index is 1.51. The molecule has 1 aliphatic rings. The highest BCUT2D eigenvalue weighted by Gasteiger charge is 2.43. The quantitative estimate of drug-likeness (QED) is 0.875. The lowest BCUT2D eigenvalue weighted by atomic mass is 10.3. The van der Waals surface area contributed by atoms with E-state index in [9.17, 15) is 18.0 Å². The first-order chi connectivity index (χ1) is 12.3. The molecule has 0 atom stereocenters. The highest BCUT2D eigenvalue weighted by Crippen LogP contribution is 2.42. The largest absolute Gasteiger partial charge is 0.586 e. The van der Waals surface area contributed by atoms with Crippen LogP contribution in [-0.2, 0) is 0 Å². The van der Waals surface area contributed by atoms with Gasteiger partial charge in [-0.3, -0.25) is 0 Å². The predicted octanol–water partition coefficient (Wildman–Crippen LogP) is 3.69. The maximum Gasteiger partial charge on any atom is 0.586 e. The molecule has 2 amide bonds. The number of amides is 2. The molecule has 0 bridgehead atoms. The second kappa shape index (κ2) is 7.03. The number of para-hydroxylation sites is 1. The van der Waals surface area contributed by atoms with Crippen LogP contribution in [0, 0.1) is 5.82 Å². The lowest BCUT2D eigenvalue weighted by Crippen LogP contribution is -2.34. The minimum atomic E-state index is -3.72. The Morgan fingerprint density at radius 1 is 1.19 bits per heavy atom. The van der Waals surface area contributed by atoms with E-state index in [0.29, 0.717) is 0 Å². The maximum atomic E-state index is 13.4. The monoisotopic (exact) mass is 368 g/mol. The number of urea groups is 1. The van der Waals surface area contributed by atoms with Crippen molar-refractivity contribution in [2.75, 3.05) is 25.5 Å². The van der Waals surface area contributed by atoms with Crippen LogP contribution >= 0.6 is 0 Å². The Kier molecular flexibility index (Phi) is 4.79. The van der Waals surface area contributed by atoms with Crippen LogP contribution in [0.25, 0.3) is 0 Å². The molecule has 2 aromatic rings. The first-order valence-corrected chi connectivity index (χ1v) is 7.63. The first-order valence-electron chi connectivity index (χ1n) is 7.63. The number of anilines is 1. The Hall–Kier alpha value is -3.10. The Morgan fingerprint density at radius 2 is 1.92 bits per heavy atom. The molecule has 138 valence electrons. The number of halogens is 3. The van der Waals surface area contributed by atoms with Crippen LogP contribution in [0.2, 0.25) is 0 Å². The number of likely N-dealkylation sites (N-methyl/N-ethyl adjacent to an activating group) is 1. The number of carbonyl (C=O) groups excluding carboxylic acids is 1. The van der Waals surface area contributed by atoms with Crippen LogP contribution in [0.5, 0.6) is 17.2 Å². The zero-order chi connectivity index (χ0) is 18.7. The van der Waals surface area contributed by atoms with Crippen molar-refractivity contribution >= 4 is 11.7 Å². The van der Waals surface area contributed by atoms with E-state index < -0.39 is 18.1 Å². The average Bonchev–Trinajstić information content (AvgIpc) is 2.89. The molecule has 1 heterocycles. The number of alkyl halides is 2. The predicted molar refractivity (Wildman–Crippen MR) is 86.2 cm³/mol. The number of hydrogen-bond donors (Lipinski definition) is 1. The van der Waals surface area contributed by atoms with Crippen LogP contribution in [0.15, 0.2) is 42.5 Å². The van der Waals surface area contributed by atoms with Crippen LogP contribution < -0.4 is 19.5 Å². The molecule has 9 heteroatoms. The van der Waals surface area contributed by atoms with Crippen molar-refractivity contribution in [3.63, 3.8) is 0 Å². The fraction of sp³-hybridized carbons (Fsp3) is 0.235. The van der Waals surface area contributed by atoms with Crippen LogP contribution in [0.3, 0.4) is 0 Å². The van der Waals surface area contributed by atoms with E-state index in [4.69, 9.17) is 4.74 Å². The number of nitrogens with one attached hydrogen (secondary N) is 1. The standard InChI is InChI=1S/C17H15F3N2O4/c1-22(8-9-24-13-5-3-2-4-12(13)18)16(23)21-11-6-7-14-15(10-11)26-17(19,20)25-14/h2-7,10H,8-9H2,1H3,(H,21,23). The summed E-state index contributed by atoms with van der Waals surface area (Å²) in [5.41, 5.74) is 0.261. The fourth-order valence-electron chi connectivity index (χ4n) is 2.20. The number of rotatable bonds is 5. The molecule has 0 unspecified atom stereocenters. The molecule has 26 heavy (non-hydrogen) atoms. The van der Waals surface area contributed by atoms with Crippen LogP contribution in [0.4, 0.5) is 23.7 Å². The normalized spacial score (nSPS) is 14.0. The summed E-state index contributed by atoms with van der Waals surface area (Å²) in [5.74, 6) is -0.673. The Morgan fingerprint density at radius 3 is 2.69 bits per heavy atom. The summed E-state index contributed by atoms with van der Waals surface area (Å²) in [6, 6.07) is 9.36. The van der Waals surface area contributed by atoms with Crippen molar-refractivity contribution in [2.24, 2.45) is 0 Å². The summed E-state index contributed by atoms with van der Waals surface area (Å²) >= 11 is 0. The molecule has 0 saturated carbocycles. The Labute approximate surface area is 147 Å². The van der Waals surface area contributed by atoms with Crippen LogP contribution in [0.1, 0.15) is 0 Å². The SMILES string of the molecule is CN(CCOc1ccccc1F)C(=O)Nc1ccc2c(c1)OC(F)(F)O2. The Bertz CT molecular complexity index is 816. The van der Waals surface area contributed by atoms with Crippen molar-refractivity contribution in [2.45, 2.75) is 6.29 Å². The molecule has 2 aromatic carbocycles. The van der Waals surface area contributed by atoms with E-state index in [1.54, 1.807) is 12.1 Å². The smallest absolute Gasteiger partial charge is 0.489 e. The molecule has 0 saturated heterocycles. The molecular formula is C17H15F3N2O4. The van der Waals surface area contributed by atoms with Gasteiger partial charge >= 0.3 is 12.3 Å². The van der Waals surface area contributed by atoms with E-state index in [1.807, 2.05) is 0 Å². The second-order valence-electron chi connectivity index (χ2n) is 5.46. The highest BCUT2D eigenvalue weighted by molar-refractivity contribution is 5.89. The van der Waals surface area contributed by atoms with Gasteiger partial charge in [0.25, 0.3) is 0 Å². The minimum Gasteiger partial charge on any atom is -0.489 e. The number of benzene rings is 2. The average molecular weight is 368 g/mol. The molecule has 0 radical (unpaired) electrons. The molecule has 0 aliphatic carbocycles. The third-order valence-corrected chi connectivity index (χ3v) is 3.52. The summed E-state index contributed by atoms with van der Waals surface area (Å²) in [6.07, 6.45) is -3.72. The number of ether oxygens (including phenoxy) is 3. The number of hydrogen-bond acceptors (Lipinski definition) is 4. The summed E-state index contributed by atoms with van der Waals surface area (Å²) in [4.78, 5) is 13.4. The van der Waals surface area contributed by atoms with Crippen molar-refractivity contribution in [3.8, 4) is 17.2 Å². The van der Waals surface area contributed by atoms with Gasteiger partial charge < -0.3 is 24.4 Å². The second-order valence-corrected chi connectivity index (χ2v) is 5.46. The summed E-state index contributed by atoms with van der Waals surface area (Å²) in [7, 11) is 1.52. The number of fused-ring (bicyclic) bond motifs is 1. The lowest BCUT2D eigenvalue weighted by molar-refractivity contribution is -0.286. The molecule has 0 aromatic heterocycles. The van der Waals surface area contributed by atoms with Crippen LogP contribution in [-0.4, -0.2) is 37.4 Å². The van der Waals surface area contributed by atoms with Gasteiger partial charge in [-0.25, -0.2) is 9.18 Å². The maximum absolute atomic E-state index is 13.4. The van der Waals surface area contributed by atoms with E-state index in [2.05, 4.69) is 14.8 Å². The van der Waals surface area contributed by atoms with E-state index in [0.717, 1.165) is 0 Å². The van der Waals surface area contributed by atoms with Gasteiger partial charge in [-0.15, -0.1) is 8.78 Å². The topological polar surface area (TPSA) is 60.0 Å². The van der Waals surface area contributed by atoms with Crippen molar-refractivity contribution in [1.82, 2.24) is 4.90 Å². The third kappa shape index (κ3) is 4.11. The number of nitrogens with zero attached hydrogens (tertiary/aromatic N) is 1. The molecule has 0 fully saturated rings. The molecule has 1 aliphatic heterocycles. The van der Waals surface area contributed by atoms with Gasteiger partial charge in [-0.05, 0) is 24.3 Å². The zero-order valence-electron chi connectivity index (χ0n) is 13.7. The minimum absolute atomic E-state index is 0.0816. The first kappa shape index (κ1) is 17.7. The van der Waals surface area contributed by atoms with Gasteiger partial charge in [-0.1, -0.05) is 12.1 Å². The molecule has 1 N–H and O–H groups in total. The van der Waals surface area contributed by atoms with E-state index >= 15 is 0 Å². The van der Waals surface area contributed by atoms with Gasteiger partial charge in [0.05, 0.1) is 6.54 Å². The number of carbonyl (C=O) groups is 1. The van der Waals surface area contributed by atoms with Gasteiger partial charge in [0.1, 0.15) is 6.61 Å². The van der Waals surface area contributed by atoms with E-state index in [1.165, 1.54) is 42.3 Å². The molecule has 6 nitrogen and oxygen atoms in total. The summed E-state index contributed by atoms with van der Waals surface area (Å²) in [5, 5.41) is 2.54.